The zero-order valence-electron chi connectivity index (χ0n) is 11.7. The highest BCUT2D eigenvalue weighted by Crippen LogP contribution is 2.31. The van der Waals surface area contributed by atoms with Gasteiger partial charge >= 0.3 is 0 Å². The van der Waals surface area contributed by atoms with Gasteiger partial charge in [-0.2, -0.15) is 0 Å². The number of rotatable bonds is 1. The van der Waals surface area contributed by atoms with E-state index < -0.39 is 0 Å². The van der Waals surface area contributed by atoms with Gasteiger partial charge in [-0.25, -0.2) is 9.38 Å². The second-order valence-corrected chi connectivity index (χ2v) is 5.96. The van der Waals surface area contributed by atoms with Gasteiger partial charge in [-0.05, 0) is 11.5 Å². The Bertz CT molecular complexity index is 621. The molecule has 0 aliphatic carbocycles. The molecule has 0 aromatic carbocycles. The molecule has 94 valence electrons. The molecule has 0 amide bonds. The molecule has 0 bridgehead atoms. The maximum Gasteiger partial charge on any atom is 0.236 e. The van der Waals surface area contributed by atoms with Gasteiger partial charge in [-0.3, -0.25) is 0 Å². The predicted molar refractivity (Wildman–Crippen MR) is 74.2 cm³/mol. The highest BCUT2D eigenvalue weighted by atomic mass is 15.1. The van der Waals surface area contributed by atoms with Crippen molar-refractivity contribution in [2.75, 3.05) is 0 Å². The molecule has 18 heavy (non-hydrogen) atoms. The summed E-state index contributed by atoms with van der Waals surface area (Å²) in [7, 11) is 0. The Morgan fingerprint density at radius 2 is 1.94 bits per heavy atom. The maximum atomic E-state index is 7.30. The molecule has 0 atom stereocenters. The summed E-state index contributed by atoms with van der Waals surface area (Å²) in [4.78, 5) is 8.14. The summed E-state index contributed by atoms with van der Waals surface area (Å²) in [5.41, 5.74) is 3.23. The van der Waals surface area contributed by atoms with Crippen LogP contribution in [0.15, 0.2) is 18.3 Å². The maximum absolute atomic E-state index is 7.30. The van der Waals surface area contributed by atoms with Crippen molar-refractivity contribution in [3.05, 3.63) is 41.0 Å². The Morgan fingerprint density at radius 1 is 1.28 bits per heavy atom. The fraction of sp³-hybridized carbons (Fsp3) is 0.467. The van der Waals surface area contributed by atoms with Crippen LogP contribution in [0.5, 0.6) is 0 Å². The molecule has 0 spiro atoms. The van der Waals surface area contributed by atoms with Crippen LogP contribution in [0.25, 0.3) is 10.5 Å². The van der Waals surface area contributed by atoms with Gasteiger partial charge in [0.25, 0.3) is 0 Å². The van der Waals surface area contributed by atoms with Crippen molar-refractivity contribution in [2.24, 2.45) is 0 Å². The third kappa shape index (κ3) is 1.88. The predicted octanol–water partition coefficient (Wildman–Crippen LogP) is 4.31. The van der Waals surface area contributed by atoms with Crippen molar-refractivity contribution < 1.29 is 0 Å². The van der Waals surface area contributed by atoms with E-state index in [0.29, 0.717) is 11.7 Å². The molecule has 2 rings (SSSR count). The van der Waals surface area contributed by atoms with Crippen LogP contribution in [0, 0.1) is 6.57 Å². The van der Waals surface area contributed by atoms with E-state index in [2.05, 4.69) is 44.4 Å². The van der Waals surface area contributed by atoms with E-state index in [1.165, 1.54) is 5.56 Å². The third-order valence-electron chi connectivity index (χ3n) is 3.17. The average molecular weight is 241 g/mol. The minimum absolute atomic E-state index is 0.0292. The quantitative estimate of drug-likeness (QED) is 0.682. The summed E-state index contributed by atoms with van der Waals surface area (Å²) in [5.74, 6) is 0.995. The summed E-state index contributed by atoms with van der Waals surface area (Å²) in [6.45, 7) is 18.1. The van der Waals surface area contributed by atoms with E-state index in [0.717, 1.165) is 11.3 Å². The first-order valence-corrected chi connectivity index (χ1v) is 6.24. The van der Waals surface area contributed by atoms with Crippen LogP contribution in [0.3, 0.4) is 0 Å². The van der Waals surface area contributed by atoms with Crippen molar-refractivity contribution in [1.82, 2.24) is 9.38 Å². The van der Waals surface area contributed by atoms with Crippen molar-refractivity contribution >= 4 is 11.5 Å². The molecule has 3 heteroatoms. The van der Waals surface area contributed by atoms with Crippen molar-refractivity contribution in [3.63, 3.8) is 0 Å². The number of fused-ring (bicyclic) bond motifs is 1. The van der Waals surface area contributed by atoms with E-state index in [-0.39, 0.29) is 5.41 Å². The van der Waals surface area contributed by atoms with Crippen molar-refractivity contribution in [1.29, 1.82) is 0 Å². The number of hydrogen-bond acceptors (Lipinski definition) is 1. The van der Waals surface area contributed by atoms with Gasteiger partial charge in [0.2, 0.25) is 11.5 Å². The molecule has 2 heterocycles. The molecule has 2 aromatic heterocycles. The lowest BCUT2D eigenvalue weighted by Crippen LogP contribution is -2.13. The molecule has 0 aliphatic heterocycles. The molecule has 0 fully saturated rings. The zero-order valence-corrected chi connectivity index (χ0v) is 11.7. The standard InChI is InChI=1S/C15H19N3/c1-10(2)12-9-17-14-11(15(3,4)5)7-8-13(16-6)18(12)14/h7-10H,1-5H3. The van der Waals surface area contributed by atoms with Gasteiger partial charge in [0.05, 0.1) is 6.20 Å². The highest BCUT2D eigenvalue weighted by molar-refractivity contribution is 5.60. The first kappa shape index (κ1) is 12.6. The summed E-state index contributed by atoms with van der Waals surface area (Å²) in [5, 5.41) is 0. The number of nitrogens with zero attached hydrogens (tertiary/aromatic N) is 3. The first-order chi connectivity index (χ1) is 8.36. The fourth-order valence-corrected chi connectivity index (χ4v) is 2.18. The lowest BCUT2D eigenvalue weighted by molar-refractivity contribution is 0.591. The minimum atomic E-state index is 0.0292. The number of hydrogen-bond donors (Lipinski definition) is 0. The van der Waals surface area contributed by atoms with Gasteiger partial charge in [0.15, 0.2) is 0 Å². The monoisotopic (exact) mass is 241 g/mol. The molecule has 0 aliphatic rings. The molecular formula is C15H19N3. The van der Waals surface area contributed by atoms with Crippen LogP contribution >= 0.6 is 0 Å². The Kier molecular flexibility index (Phi) is 2.90. The van der Waals surface area contributed by atoms with Crippen LogP contribution < -0.4 is 0 Å². The lowest BCUT2D eigenvalue weighted by Gasteiger charge is -2.19. The number of aromatic nitrogens is 2. The van der Waals surface area contributed by atoms with E-state index in [1.807, 2.05) is 22.7 Å². The van der Waals surface area contributed by atoms with Crippen molar-refractivity contribution in [2.45, 2.75) is 46.0 Å². The molecule has 0 radical (unpaired) electrons. The first-order valence-electron chi connectivity index (χ1n) is 6.24. The van der Waals surface area contributed by atoms with Crippen LogP contribution in [0.4, 0.5) is 5.82 Å². The molecular weight excluding hydrogens is 222 g/mol. The average Bonchev–Trinajstić information content (AvgIpc) is 2.70. The molecule has 0 N–H and O–H groups in total. The topological polar surface area (TPSA) is 21.7 Å². The molecule has 3 nitrogen and oxygen atoms in total. The number of pyridine rings is 1. The van der Waals surface area contributed by atoms with E-state index >= 15 is 0 Å². The van der Waals surface area contributed by atoms with E-state index in [1.54, 1.807) is 0 Å². The van der Waals surface area contributed by atoms with Crippen LogP contribution in [-0.4, -0.2) is 9.38 Å². The molecule has 0 saturated carbocycles. The second kappa shape index (κ2) is 4.13. The Labute approximate surface area is 108 Å². The van der Waals surface area contributed by atoms with Gasteiger partial charge in [0.1, 0.15) is 5.69 Å². The number of imidazole rings is 1. The molecule has 2 aromatic rings. The van der Waals surface area contributed by atoms with Crippen molar-refractivity contribution in [3.8, 4) is 0 Å². The third-order valence-corrected chi connectivity index (χ3v) is 3.17. The minimum Gasteiger partial charge on any atom is -0.364 e. The molecule has 0 unspecified atom stereocenters. The summed E-state index contributed by atoms with van der Waals surface area (Å²) >= 11 is 0. The van der Waals surface area contributed by atoms with Crippen LogP contribution in [0.2, 0.25) is 0 Å². The second-order valence-electron chi connectivity index (χ2n) is 5.96. The largest absolute Gasteiger partial charge is 0.364 e. The van der Waals surface area contributed by atoms with Gasteiger partial charge in [-0.1, -0.05) is 47.3 Å². The summed E-state index contributed by atoms with van der Waals surface area (Å²) in [6.07, 6.45) is 1.89. The Morgan fingerprint density at radius 3 is 2.44 bits per heavy atom. The van der Waals surface area contributed by atoms with Gasteiger partial charge < -0.3 is 4.85 Å². The lowest BCUT2D eigenvalue weighted by atomic mass is 9.87. The van der Waals surface area contributed by atoms with Crippen LogP contribution in [0.1, 0.15) is 51.8 Å². The highest BCUT2D eigenvalue weighted by Gasteiger charge is 2.23. The summed E-state index contributed by atoms with van der Waals surface area (Å²) in [6, 6.07) is 3.92. The van der Waals surface area contributed by atoms with Gasteiger partial charge in [-0.15, -0.1) is 0 Å². The Balaban J connectivity index is 2.87. The normalized spacial score (nSPS) is 12.1. The SMILES string of the molecule is [C-]#[N+]c1ccc(C(C)(C)C)c2ncc(C(C)C)n12. The zero-order chi connectivity index (χ0) is 13.5. The smallest absolute Gasteiger partial charge is 0.236 e. The molecule has 0 saturated heterocycles. The fourth-order valence-electron chi connectivity index (χ4n) is 2.18. The summed E-state index contributed by atoms with van der Waals surface area (Å²) < 4.78 is 2.00. The van der Waals surface area contributed by atoms with Crippen LogP contribution in [-0.2, 0) is 5.41 Å². The van der Waals surface area contributed by atoms with E-state index in [4.69, 9.17) is 6.57 Å². The van der Waals surface area contributed by atoms with Gasteiger partial charge in [0, 0.05) is 11.5 Å². The van der Waals surface area contributed by atoms with E-state index in [9.17, 15) is 0 Å². The Hall–Kier alpha value is -1.82.